The molecule has 4 amide bonds. The zero-order valence-electron chi connectivity index (χ0n) is 22.4. The van der Waals surface area contributed by atoms with Gasteiger partial charge in [-0.15, -0.1) is 0 Å². The molecule has 0 bridgehead atoms. The molecule has 1 saturated carbocycles. The van der Waals surface area contributed by atoms with Gasteiger partial charge in [0.15, 0.2) is 0 Å². The normalized spacial score (nSPS) is 14.9. The first-order valence-electron chi connectivity index (χ1n) is 12.8. The Morgan fingerprint density at radius 2 is 1.59 bits per heavy atom. The lowest BCUT2D eigenvalue weighted by Crippen LogP contribution is -2.50. The summed E-state index contributed by atoms with van der Waals surface area (Å²) in [5, 5.41) is 10.7. The number of benzene rings is 1. The minimum absolute atomic E-state index is 0.0327. The zero-order valence-corrected chi connectivity index (χ0v) is 22.4. The van der Waals surface area contributed by atoms with Crippen molar-refractivity contribution in [2.24, 2.45) is 5.92 Å². The molecule has 10 nitrogen and oxygen atoms in total. The monoisotopic (exact) mass is 516 g/mol. The molecule has 1 aromatic carbocycles. The lowest BCUT2D eigenvalue weighted by molar-refractivity contribution is -0.140. The smallest absolute Gasteiger partial charge is 0.319 e. The molecule has 0 heterocycles. The van der Waals surface area contributed by atoms with Gasteiger partial charge in [0.25, 0.3) is 11.8 Å². The summed E-state index contributed by atoms with van der Waals surface area (Å²) in [4.78, 5) is 50.9. The van der Waals surface area contributed by atoms with Crippen LogP contribution in [0.5, 0.6) is 11.5 Å². The van der Waals surface area contributed by atoms with Crippen molar-refractivity contribution in [3.05, 3.63) is 35.5 Å². The number of rotatable bonds is 12. The molecular weight excluding hydrogens is 476 g/mol. The van der Waals surface area contributed by atoms with E-state index in [2.05, 4.69) is 21.3 Å². The molecule has 4 N–H and O–H groups in total. The van der Waals surface area contributed by atoms with Gasteiger partial charge >= 0.3 is 6.03 Å². The first-order chi connectivity index (χ1) is 17.7. The summed E-state index contributed by atoms with van der Waals surface area (Å²) < 4.78 is 10.4. The lowest BCUT2D eigenvalue weighted by Gasteiger charge is -2.23. The predicted molar refractivity (Wildman–Crippen MR) is 140 cm³/mol. The molecular formula is C27H40N4O6. The topological polar surface area (TPSA) is 135 Å². The Morgan fingerprint density at radius 1 is 0.973 bits per heavy atom. The van der Waals surface area contributed by atoms with Crippen molar-refractivity contribution in [2.75, 3.05) is 14.2 Å². The third-order valence-electron chi connectivity index (χ3n) is 6.05. The number of carbonyl (C=O) groups is 4. The van der Waals surface area contributed by atoms with E-state index < -0.39 is 29.7 Å². The van der Waals surface area contributed by atoms with Crippen LogP contribution in [-0.2, 0) is 20.9 Å². The highest BCUT2D eigenvalue weighted by Gasteiger charge is 2.27. The van der Waals surface area contributed by atoms with E-state index in [-0.39, 0.29) is 30.6 Å². The number of allylic oxidation sites excluding steroid dienone is 1. The van der Waals surface area contributed by atoms with Crippen LogP contribution in [0.15, 0.2) is 30.0 Å². The molecule has 1 aromatic rings. The van der Waals surface area contributed by atoms with Crippen molar-refractivity contribution in [3.8, 4) is 11.5 Å². The maximum Gasteiger partial charge on any atom is 0.319 e. The number of hydrogen-bond acceptors (Lipinski definition) is 6. The van der Waals surface area contributed by atoms with Crippen LogP contribution in [0.4, 0.5) is 4.79 Å². The van der Waals surface area contributed by atoms with Gasteiger partial charge in [-0.1, -0.05) is 46.1 Å². The molecule has 204 valence electrons. The molecule has 0 spiro atoms. The first-order valence-corrected chi connectivity index (χ1v) is 12.8. The second kappa shape index (κ2) is 14.9. The van der Waals surface area contributed by atoms with E-state index in [9.17, 15) is 19.2 Å². The second-order valence-corrected chi connectivity index (χ2v) is 9.46. The van der Waals surface area contributed by atoms with E-state index in [0.29, 0.717) is 17.1 Å². The molecule has 10 heteroatoms. The van der Waals surface area contributed by atoms with E-state index in [1.54, 1.807) is 31.2 Å². The number of carbonyl (C=O) groups excluding carboxylic acids is 4. The molecule has 2 rings (SSSR count). The summed E-state index contributed by atoms with van der Waals surface area (Å²) in [6, 6.07) is 3.71. The summed E-state index contributed by atoms with van der Waals surface area (Å²) in [6.07, 6.45) is 6.92. The number of hydrogen-bond donors (Lipinski definition) is 4. The van der Waals surface area contributed by atoms with Gasteiger partial charge in [0.05, 0.1) is 20.3 Å². The predicted octanol–water partition coefficient (Wildman–Crippen LogP) is 2.96. The van der Waals surface area contributed by atoms with Gasteiger partial charge < -0.3 is 30.7 Å². The molecule has 0 radical (unpaired) electrons. The van der Waals surface area contributed by atoms with Crippen LogP contribution in [0.3, 0.4) is 0 Å². The Bertz CT molecular complexity index is 963. The minimum atomic E-state index is -1.05. The van der Waals surface area contributed by atoms with Crippen molar-refractivity contribution in [2.45, 2.75) is 77.9 Å². The van der Waals surface area contributed by atoms with Crippen LogP contribution in [0.1, 0.15) is 64.9 Å². The molecule has 1 aliphatic carbocycles. The van der Waals surface area contributed by atoms with E-state index in [4.69, 9.17) is 9.47 Å². The SMILES string of the molecule is CCC(NC(=O)/C(=C/C(C)C)NC(=O)NC1CCCCC1)C(=O)C(=O)NCc1cc(OC)cc(OC)c1. The highest BCUT2D eigenvalue weighted by molar-refractivity contribution is 6.38. The average Bonchev–Trinajstić information content (AvgIpc) is 2.89. The number of amides is 4. The Hall–Kier alpha value is -3.56. The molecule has 1 atom stereocenters. The van der Waals surface area contributed by atoms with Gasteiger partial charge in [0.2, 0.25) is 5.78 Å². The van der Waals surface area contributed by atoms with Crippen LogP contribution >= 0.6 is 0 Å². The Labute approximate surface area is 218 Å². The van der Waals surface area contributed by atoms with E-state index in [1.165, 1.54) is 14.2 Å². The number of ether oxygens (including phenoxy) is 2. The van der Waals surface area contributed by atoms with Gasteiger partial charge in [-0.3, -0.25) is 14.4 Å². The van der Waals surface area contributed by atoms with Crippen molar-refractivity contribution in [1.29, 1.82) is 0 Å². The van der Waals surface area contributed by atoms with Crippen LogP contribution < -0.4 is 30.7 Å². The number of methoxy groups -OCH3 is 2. The van der Waals surface area contributed by atoms with Gasteiger partial charge in [-0.25, -0.2) is 4.79 Å². The van der Waals surface area contributed by atoms with Crippen molar-refractivity contribution in [3.63, 3.8) is 0 Å². The van der Waals surface area contributed by atoms with Gasteiger partial charge in [0.1, 0.15) is 17.2 Å². The Kier molecular flexibility index (Phi) is 11.9. The number of nitrogens with one attached hydrogen (secondary N) is 4. The van der Waals surface area contributed by atoms with Crippen LogP contribution in [0.2, 0.25) is 0 Å². The van der Waals surface area contributed by atoms with Crippen LogP contribution in [-0.4, -0.2) is 49.9 Å². The summed E-state index contributed by atoms with van der Waals surface area (Å²) in [6.45, 7) is 5.51. The van der Waals surface area contributed by atoms with E-state index >= 15 is 0 Å². The number of urea groups is 1. The molecule has 0 saturated heterocycles. The van der Waals surface area contributed by atoms with Crippen molar-refractivity contribution in [1.82, 2.24) is 21.3 Å². The molecule has 0 aromatic heterocycles. The highest BCUT2D eigenvalue weighted by atomic mass is 16.5. The summed E-state index contributed by atoms with van der Waals surface area (Å²) in [5.41, 5.74) is 0.725. The quantitative estimate of drug-likeness (QED) is 0.249. The third kappa shape index (κ3) is 9.78. The summed E-state index contributed by atoms with van der Waals surface area (Å²) >= 11 is 0. The fourth-order valence-electron chi connectivity index (χ4n) is 4.08. The van der Waals surface area contributed by atoms with Crippen LogP contribution in [0, 0.1) is 5.92 Å². The van der Waals surface area contributed by atoms with Gasteiger partial charge in [-0.2, -0.15) is 0 Å². The fourth-order valence-corrected chi connectivity index (χ4v) is 4.08. The number of ketones is 1. The zero-order chi connectivity index (χ0) is 27.4. The standard InChI is InChI=1S/C27H40N4O6/c1-6-22(24(32)26(34)28-16-18-13-20(36-4)15-21(14-18)37-5)30-25(33)23(12-17(2)3)31-27(35)29-19-10-8-7-9-11-19/h12-15,17,19,22H,6-11,16H2,1-5H3,(H,28,34)(H,30,33)(H2,29,31,35)/b23-12-. The van der Waals surface area contributed by atoms with Crippen LogP contribution in [0.25, 0.3) is 0 Å². The van der Waals surface area contributed by atoms with E-state index in [0.717, 1.165) is 32.1 Å². The minimum Gasteiger partial charge on any atom is -0.497 e. The number of Topliss-reactive ketones (excluding diaryl/α,β-unsaturated/α-hetero) is 1. The Balaban J connectivity index is 2.00. The fraction of sp³-hybridized carbons (Fsp3) is 0.556. The maximum absolute atomic E-state index is 13.0. The largest absolute Gasteiger partial charge is 0.497 e. The third-order valence-corrected chi connectivity index (χ3v) is 6.05. The molecule has 0 aliphatic heterocycles. The van der Waals surface area contributed by atoms with Gasteiger partial charge in [-0.05, 0) is 42.9 Å². The first kappa shape index (κ1) is 29.7. The molecule has 1 unspecified atom stereocenters. The average molecular weight is 517 g/mol. The van der Waals surface area contributed by atoms with E-state index in [1.807, 2.05) is 13.8 Å². The second-order valence-electron chi connectivity index (χ2n) is 9.46. The Morgan fingerprint density at radius 3 is 2.14 bits per heavy atom. The maximum atomic E-state index is 13.0. The van der Waals surface area contributed by atoms with Crippen molar-refractivity contribution >= 4 is 23.6 Å². The highest BCUT2D eigenvalue weighted by Crippen LogP contribution is 2.22. The summed E-state index contributed by atoms with van der Waals surface area (Å²) in [5.74, 6) is -1.16. The molecule has 1 aliphatic rings. The summed E-state index contributed by atoms with van der Waals surface area (Å²) in [7, 11) is 3.04. The van der Waals surface area contributed by atoms with Crippen molar-refractivity contribution < 1.29 is 28.7 Å². The lowest BCUT2D eigenvalue weighted by atomic mass is 9.96. The molecule has 1 fully saturated rings. The molecule has 37 heavy (non-hydrogen) atoms. The van der Waals surface area contributed by atoms with Gasteiger partial charge in [0, 0.05) is 18.7 Å².